The highest BCUT2D eigenvalue weighted by Crippen LogP contribution is 2.16. The molecule has 5 nitrogen and oxygen atoms in total. The number of nitrogens with two attached hydrogens (primary N) is 1. The van der Waals surface area contributed by atoms with Gasteiger partial charge in [0, 0.05) is 24.2 Å². The van der Waals surface area contributed by atoms with Crippen molar-refractivity contribution >= 4 is 5.91 Å². The lowest BCUT2D eigenvalue weighted by Crippen LogP contribution is -2.51. The lowest BCUT2D eigenvalue weighted by molar-refractivity contribution is -0.122. The summed E-state index contributed by atoms with van der Waals surface area (Å²) in [5.41, 5.74) is 5.42. The topological polar surface area (TPSA) is 73.6 Å². The van der Waals surface area contributed by atoms with Crippen LogP contribution in [0.3, 0.4) is 0 Å². The van der Waals surface area contributed by atoms with Crippen molar-refractivity contribution in [1.82, 2.24) is 5.32 Å². The normalized spacial score (nSPS) is 21.2. The maximum Gasteiger partial charge on any atom is 0.248 e. The predicted octanol–water partition coefficient (Wildman–Crippen LogP) is 1.21. The van der Waals surface area contributed by atoms with Gasteiger partial charge in [-0.15, -0.1) is 0 Å². The fraction of sp³-hybridized carbons (Fsp3) is 0.533. The minimum Gasteiger partial charge on any atom is -0.374 e. The van der Waals surface area contributed by atoms with Gasteiger partial charge in [-0.1, -0.05) is 6.07 Å². The summed E-state index contributed by atoms with van der Waals surface area (Å²) in [7, 11) is 0. The van der Waals surface area contributed by atoms with E-state index in [-0.39, 0.29) is 23.9 Å². The molecule has 0 aliphatic carbocycles. The van der Waals surface area contributed by atoms with Crippen molar-refractivity contribution in [1.29, 1.82) is 0 Å². The quantitative estimate of drug-likeness (QED) is 0.856. The number of carbonyl (C=O) groups excluding carboxylic acids is 1. The minimum absolute atomic E-state index is 0.0540. The van der Waals surface area contributed by atoms with Crippen LogP contribution in [0.25, 0.3) is 0 Å². The largest absolute Gasteiger partial charge is 0.374 e. The molecule has 1 fully saturated rings. The third-order valence-corrected chi connectivity index (χ3v) is 3.31. The van der Waals surface area contributed by atoms with Crippen LogP contribution in [0, 0.1) is 5.82 Å². The lowest BCUT2D eigenvalue weighted by Gasteiger charge is -2.36. The molecule has 1 aliphatic rings. The Labute approximate surface area is 123 Å². The summed E-state index contributed by atoms with van der Waals surface area (Å²) in [4.78, 5) is 10.9. The zero-order valence-electron chi connectivity index (χ0n) is 12.3. The molecule has 1 aromatic carbocycles. The molecule has 0 aromatic heterocycles. The molecule has 3 N–H and O–H groups in total. The first-order chi connectivity index (χ1) is 9.87. The zero-order valence-corrected chi connectivity index (χ0v) is 12.3. The molecule has 0 bridgehead atoms. The number of primary amides is 1. The van der Waals surface area contributed by atoms with Gasteiger partial charge in [0.25, 0.3) is 0 Å². The Balaban J connectivity index is 1.85. The van der Waals surface area contributed by atoms with Crippen LogP contribution < -0.4 is 11.1 Å². The number of ether oxygens (including phenoxy) is 2. The van der Waals surface area contributed by atoms with E-state index in [0.717, 1.165) is 12.6 Å². The van der Waals surface area contributed by atoms with Gasteiger partial charge in [0.2, 0.25) is 5.91 Å². The molecular weight excluding hydrogens is 275 g/mol. The summed E-state index contributed by atoms with van der Waals surface area (Å²) in [6, 6.07) is 4.13. The maximum absolute atomic E-state index is 13.8. The lowest BCUT2D eigenvalue weighted by atomic mass is 10.1. The number of benzene rings is 1. The Morgan fingerprint density at radius 1 is 1.57 bits per heavy atom. The Kier molecular flexibility index (Phi) is 4.92. The van der Waals surface area contributed by atoms with Gasteiger partial charge in [-0.2, -0.15) is 0 Å². The predicted molar refractivity (Wildman–Crippen MR) is 76.4 cm³/mol. The van der Waals surface area contributed by atoms with Gasteiger partial charge in [-0.25, -0.2) is 4.39 Å². The van der Waals surface area contributed by atoms with E-state index in [9.17, 15) is 9.18 Å². The van der Waals surface area contributed by atoms with Gasteiger partial charge < -0.3 is 20.5 Å². The highest BCUT2D eigenvalue weighted by atomic mass is 19.1. The Morgan fingerprint density at radius 3 is 2.95 bits per heavy atom. The molecule has 116 valence electrons. The number of nitrogens with one attached hydrogen (secondary N) is 1. The first-order valence-electron chi connectivity index (χ1n) is 6.92. The van der Waals surface area contributed by atoms with E-state index in [2.05, 4.69) is 5.32 Å². The van der Waals surface area contributed by atoms with Crippen molar-refractivity contribution in [3.05, 3.63) is 35.1 Å². The van der Waals surface area contributed by atoms with E-state index in [0.29, 0.717) is 18.7 Å². The third kappa shape index (κ3) is 4.49. The molecule has 1 unspecified atom stereocenters. The van der Waals surface area contributed by atoms with Gasteiger partial charge in [-0.3, -0.25) is 4.79 Å². The molecule has 1 heterocycles. The monoisotopic (exact) mass is 296 g/mol. The fourth-order valence-corrected chi connectivity index (χ4v) is 2.28. The molecule has 1 aliphatic heterocycles. The summed E-state index contributed by atoms with van der Waals surface area (Å²) in [5, 5.41) is 3.27. The molecule has 21 heavy (non-hydrogen) atoms. The van der Waals surface area contributed by atoms with Crippen molar-refractivity contribution in [3.8, 4) is 0 Å². The second-order valence-corrected chi connectivity index (χ2v) is 5.82. The van der Waals surface area contributed by atoms with Gasteiger partial charge in [0.05, 0.1) is 24.9 Å². The van der Waals surface area contributed by atoms with Crippen LogP contribution in [0.1, 0.15) is 29.8 Å². The van der Waals surface area contributed by atoms with Gasteiger partial charge in [0.1, 0.15) is 5.82 Å². The zero-order chi connectivity index (χ0) is 15.5. The first-order valence-corrected chi connectivity index (χ1v) is 6.92. The summed E-state index contributed by atoms with van der Waals surface area (Å²) >= 11 is 0. The van der Waals surface area contributed by atoms with Gasteiger partial charge in [0.15, 0.2) is 0 Å². The van der Waals surface area contributed by atoms with Crippen molar-refractivity contribution in [3.63, 3.8) is 0 Å². The van der Waals surface area contributed by atoms with Crippen molar-refractivity contribution < 1.29 is 18.7 Å². The van der Waals surface area contributed by atoms with Crippen LogP contribution in [0.2, 0.25) is 0 Å². The van der Waals surface area contributed by atoms with Crippen LogP contribution in [-0.4, -0.2) is 37.3 Å². The number of morpholine rings is 1. The standard InChI is InChI=1S/C15H21FN2O3/c1-15(2)9-18-6-12(21-15)8-20-7-11-4-3-10(14(17)19)5-13(11)16/h3-5,12,18H,6-9H2,1-2H3,(H2,17,19). The molecule has 1 amide bonds. The van der Waals surface area contributed by atoms with Crippen LogP contribution in [0.15, 0.2) is 18.2 Å². The number of halogens is 1. The maximum atomic E-state index is 13.8. The third-order valence-electron chi connectivity index (χ3n) is 3.31. The fourth-order valence-electron chi connectivity index (χ4n) is 2.28. The Bertz CT molecular complexity index is 520. The van der Waals surface area contributed by atoms with E-state index >= 15 is 0 Å². The highest BCUT2D eigenvalue weighted by Gasteiger charge is 2.28. The first kappa shape index (κ1) is 15.9. The van der Waals surface area contributed by atoms with E-state index in [1.54, 1.807) is 0 Å². The number of carbonyl (C=O) groups is 1. The Morgan fingerprint density at radius 2 is 2.33 bits per heavy atom. The summed E-state index contributed by atoms with van der Waals surface area (Å²) in [6.45, 7) is 6.04. The smallest absolute Gasteiger partial charge is 0.248 e. The number of hydrogen-bond acceptors (Lipinski definition) is 4. The average Bonchev–Trinajstić information content (AvgIpc) is 2.39. The molecule has 1 atom stereocenters. The molecule has 0 spiro atoms. The summed E-state index contributed by atoms with van der Waals surface area (Å²) in [6.07, 6.45) is -0.0540. The summed E-state index contributed by atoms with van der Waals surface area (Å²) < 4.78 is 25.1. The molecule has 6 heteroatoms. The molecule has 0 saturated carbocycles. The summed E-state index contributed by atoms with van der Waals surface area (Å²) in [5.74, 6) is -1.14. The van der Waals surface area contributed by atoms with E-state index in [4.69, 9.17) is 15.2 Å². The molecule has 1 saturated heterocycles. The van der Waals surface area contributed by atoms with E-state index in [1.807, 2.05) is 13.8 Å². The molecule has 2 rings (SSSR count). The minimum atomic E-state index is -0.648. The van der Waals surface area contributed by atoms with Crippen molar-refractivity contribution in [2.45, 2.75) is 32.2 Å². The number of hydrogen-bond donors (Lipinski definition) is 2. The van der Waals surface area contributed by atoms with E-state index < -0.39 is 11.7 Å². The second-order valence-electron chi connectivity index (χ2n) is 5.82. The number of amides is 1. The van der Waals surface area contributed by atoms with Gasteiger partial charge in [-0.05, 0) is 26.0 Å². The van der Waals surface area contributed by atoms with Crippen LogP contribution in [0.5, 0.6) is 0 Å². The SMILES string of the molecule is CC1(C)CNCC(COCc2ccc(C(N)=O)cc2F)O1. The molecule has 1 aromatic rings. The van der Waals surface area contributed by atoms with Crippen molar-refractivity contribution in [2.75, 3.05) is 19.7 Å². The van der Waals surface area contributed by atoms with Crippen LogP contribution >= 0.6 is 0 Å². The van der Waals surface area contributed by atoms with Crippen molar-refractivity contribution in [2.24, 2.45) is 5.73 Å². The van der Waals surface area contributed by atoms with Crippen LogP contribution in [-0.2, 0) is 16.1 Å². The number of rotatable bonds is 5. The highest BCUT2D eigenvalue weighted by molar-refractivity contribution is 5.92. The average molecular weight is 296 g/mol. The van der Waals surface area contributed by atoms with Crippen LogP contribution in [0.4, 0.5) is 4.39 Å². The molecular formula is C15H21FN2O3. The van der Waals surface area contributed by atoms with Gasteiger partial charge >= 0.3 is 0 Å². The Hall–Kier alpha value is -1.50. The van der Waals surface area contributed by atoms with E-state index in [1.165, 1.54) is 12.1 Å². The molecule has 0 radical (unpaired) electrons. The second kappa shape index (κ2) is 6.51.